The summed E-state index contributed by atoms with van der Waals surface area (Å²) in [5.74, 6) is 0.272. The fraction of sp³-hybridized carbons (Fsp3) is 0.385. The largest absolute Gasteiger partial charge is 0.491 e. The van der Waals surface area contributed by atoms with Crippen LogP contribution >= 0.6 is 0 Å². The number of benzene rings is 1. The van der Waals surface area contributed by atoms with Crippen molar-refractivity contribution in [3.63, 3.8) is 0 Å². The van der Waals surface area contributed by atoms with Crippen LogP contribution in [-0.2, 0) is 13.1 Å². The first-order valence-corrected chi connectivity index (χ1v) is 6.11. The predicted octanol–water partition coefficient (Wildman–Crippen LogP) is 1.52. The fourth-order valence-electron chi connectivity index (χ4n) is 1.69. The maximum Gasteiger partial charge on any atom is 0.126 e. The highest BCUT2D eigenvalue weighted by Gasteiger charge is 2.03. The summed E-state index contributed by atoms with van der Waals surface area (Å²) < 4.78 is 20.3. The van der Waals surface area contributed by atoms with Gasteiger partial charge >= 0.3 is 0 Å². The third-order valence-corrected chi connectivity index (χ3v) is 2.67. The molecule has 0 saturated carbocycles. The Bertz CT molecular complexity index is 541. The summed E-state index contributed by atoms with van der Waals surface area (Å²) in [6.07, 6.45) is 1.86. The zero-order valence-corrected chi connectivity index (χ0v) is 11.1. The number of nitrogens with zero attached hydrogens (tertiary/aromatic N) is 3. The van der Waals surface area contributed by atoms with E-state index in [0.717, 1.165) is 11.3 Å². The number of ether oxygens (including phenoxy) is 1. The SMILES string of the molecule is CNCc1cn(CCOc2cc(F)ccc2C)nn1. The van der Waals surface area contributed by atoms with Gasteiger partial charge in [0.15, 0.2) is 0 Å². The normalized spacial score (nSPS) is 10.7. The molecule has 102 valence electrons. The van der Waals surface area contributed by atoms with Gasteiger partial charge in [-0.25, -0.2) is 9.07 Å². The fourth-order valence-corrected chi connectivity index (χ4v) is 1.69. The highest BCUT2D eigenvalue weighted by atomic mass is 19.1. The first-order valence-electron chi connectivity index (χ1n) is 6.11. The van der Waals surface area contributed by atoms with Crippen molar-refractivity contribution in [3.05, 3.63) is 41.5 Å². The molecule has 0 aliphatic heterocycles. The van der Waals surface area contributed by atoms with E-state index in [4.69, 9.17) is 4.74 Å². The van der Waals surface area contributed by atoms with Gasteiger partial charge in [0, 0.05) is 18.8 Å². The molecule has 1 aromatic heterocycles. The van der Waals surface area contributed by atoms with E-state index in [-0.39, 0.29) is 5.82 Å². The summed E-state index contributed by atoms with van der Waals surface area (Å²) in [6, 6.07) is 4.51. The topological polar surface area (TPSA) is 52.0 Å². The monoisotopic (exact) mass is 264 g/mol. The highest BCUT2D eigenvalue weighted by Crippen LogP contribution is 2.18. The van der Waals surface area contributed by atoms with Gasteiger partial charge in [-0.2, -0.15) is 0 Å². The van der Waals surface area contributed by atoms with Gasteiger partial charge in [-0.3, -0.25) is 0 Å². The van der Waals surface area contributed by atoms with E-state index in [1.54, 1.807) is 10.7 Å². The van der Waals surface area contributed by atoms with Gasteiger partial charge in [0.05, 0.1) is 12.2 Å². The molecule has 0 aliphatic rings. The number of aromatic nitrogens is 3. The van der Waals surface area contributed by atoms with Crippen LogP contribution in [0.25, 0.3) is 0 Å². The molecule has 5 nitrogen and oxygen atoms in total. The molecule has 0 spiro atoms. The number of aryl methyl sites for hydroxylation is 1. The molecule has 2 aromatic rings. The molecule has 19 heavy (non-hydrogen) atoms. The molecule has 1 heterocycles. The Morgan fingerprint density at radius 3 is 3.05 bits per heavy atom. The van der Waals surface area contributed by atoms with Crippen LogP contribution in [0.4, 0.5) is 4.39 Å². The van der Waals surface area contributed by atoms with Crippen molar-refractivity contribution in [2.24, 2.45) is 0 Å². The molecule has 0 radical (unpaired) electrons. The van der Waals surface area contributed by atoms with Crippen molar-refractivity contribution in [1.82, 2.24) is 20.3 Å². The second kappa shape index (κ2) is 6.29. The lowest BCUT2D eigenvalue weighted by molar-refractivity contribution is 0.286. The van der Waals surface area contributed by atoms with Crippen molar-refractivity contribution in [3.8, 4) is 5.75 Å². The van der Waals surface area contributed by atoms with E-state index in [0.29, 0.717) is 25.4 Å². The smallest absolute Gasteiger partial charge is 0.126 e. The van der Waals surface area contributed by atoms with E-state index in [1.807, 2.05) is 20.2 Å². The molecule has 1 N–H and O–H groups in total. The Balaban J connectivity index is 1.87. The van der Waals surface area contributed by atoms with Gasteiger partial charge in [-0.1, -0.05) is 11.3 Å². The first kappa shape index (κ1) is 13.5. The number of nitrogens with one attached hydrogen (secondary N) is 1. The minimum absolute atomic E-state index is 0.294. The molecular weight excluding hydrogens is 247 g/mol. The van der Waals surface area contributed by atoms with Gasteiger partial charge in [0.1, 0.15) is 18.2 Å². The molecule has 2 rings (SSSR count). The summed E-state index contributed by atoms with van der Waals surface area (Å²) in [4.78, 5) is 0. The van der Waals surface area contributed by atoms with Crippen molar-refractivity contribution >= 4 is 0 Å². The van der Waals surface area contributed by atoms with Crippen LogP contribution in [0.5, 0.6) is 5.75 Å². The molecule has 0 amide bonds. The van der Waals surface area contributed by atoms with Gasteiger partial charge < -0.3 is 10.1 Å². The van der Waals surface area contributed by atoms with Crippen LogP contribution in [0.2, 0.25) is 0 Å². The number of hydrogen-bond donors (Lipinski definition) is 1. The minimum Gasteiger partial charge on any atom is -0.491 e. The average molecular weight is 264 g/mol. The lowest BCUT2D eigenvalue weighted by Gasteiger charge is -2.08. The molecule has 0 aliphatic carbocycles. The van der Waals surface area contributed by atoms with Crippen molar-refractivity contribution in [1.29, 1.82) is 0 Å². The Labute approximate surface area is 111 Å². The van der Waals surface area contributed by atoms with Crippen LogP contribution < -0.4 is 10.1 Å². The molecule has 0 fully saturated rings. The van der Waals surface area contributed by atoms with Gasteiger partial charge in [-0.15, -0.1) is 5.10 Å². The Kier molecular flexibility index (Phi) is 4.46. The van der Waals surface area contributed by atoms with Crippen LogP contribution in [0, 0.1) is 12.7 Å². The van der Waals surface area contributed by atoms with Crippen LogP contribution in [-0.4, -0.2) is 28.6 Å². The lowest BCUT2D eigenvalue weighted by atomic mass is 10.2. The van der Waals surface area contributed by atoms with Crippen LogP contribution in [0.1, 0.15) is 11.3 Å². The number of hydrogen-bond acceptors (Lipinski definition) is 4. The number of rotatable bonds is 6. The van der Waals surface area contributed by atoms with Gasteiger partial charge in [0.2, 0.25) is 0 Å². The molecule has 0 saturated heterocycles. The molecule has 1 aromatic carbocycles. The third-order valence-electron chi connectivity index (χ3n) is 2.67. The highest BCUT2D eigenvalue weighted by molar-refractivity contribution is 5.32. The average Bonchev–Trinajstić information content (AvgIpc) is 2.82. The Morgan fingerprint density at radius 2 is 2.26 bits per heavy atom. The van der Waals surface area contributed by atoms with E-state index in [9.17, 15) is 4.39 Å². The Morgan fingerprint density at radius 1 is 1.42 bits per heavy atom. The summed E-state index contributed by atoms with van der Waals surface area (Å²) >= 11 is 0. The third kappa shape index (κ3) is 3.75. The zero-order chi connectivity index (χ0) is 13.7. The van der Waals surface area contributed by atoms with Crippen LogP contribution in [0.3, 0.4) is 0 Å². The molecular formula is C13H17FN4O. The van der Waals surface area contributed by atoms with Crippen molar-refractivity contribution in [2.75, 3.05) is 13.7 Å². The van der Waals surface area contributed by atoms with E-state index < -0.39 is 0 Å². The molecule has 0 unspecified atom stereocenters. The molecule has 6 heteroatoms. The van der Waals surface area contributed by atoms with Crippen molar-refractivity contribution < 1.29 is 9.13 Å². The number of halogens is 1. The summed E-state index contributed by atoms with van der Waals surface area (Å²) in [5.41, 5.74) is 1.79. The molecule has 0 bridgehead atoms. The summed E-state index contributed by atoms with van der Waals surface area (Å²) in [5, 5.41) is 11.0. The first-order chi connectivity index (χ1) is 9.19. The van der Waals surface area contributed by atoms with E-state index in [1.165, 1.54) is 12.1 Å². The van der Waals surface area contributed by atoms with E-state index >= 15 is 0 Å². The van der Waals surface area contributed by atoms with Crippen molar-refractivity contribution in [2.45, 2.75) is 20.0 Å². The summed E-state index contributed by atoms with van der Waals surface area (Å²) in [6.45, 7) is 3.57. The maximum absolute atomic E-state index is 13.1. The second-order valence-corrected chi connectivity index (χ2v) is 4.26. The quantitative estimate of drug-likeness (QED) is 0.859. The minimum atomic E-state index is -0.294. The van der Waals surface area contributed by atoms with Crippen LogP contribution in [0.15, 0.2) is 24.4 Å². The maximum atomic E-state index is 13.1. The second-order valence-electron chi connectivity index (χ2n) is 4.26. The Hall–Kier alpha value is -1.95. The van der Waals surface area contributed by atoms with Gasteiger partial charge in [-0.05, 0) is 25.6 Å². The predicted molar refractivity (Wildman–Crippen MR) is 69.4 cm³/mol. The van der Waals surface area contributed by atoms with E-state index in [2.05, 4.69) is 15.6 Å². The standard InChI is InChI=1S/C13H17FN4O/c1-10-3-4-11(14)7-13(10)19-6-5-18-9-12(8-15-2)16-17-18/h3-4,7,9,15H,5-6,8H2,1-2H3. The lowest BCUT2D eigenvalue weighted by Crippen LogP contribution is -2.09. The zero-order valence-electron chi connectivity index (χ0n) is 11.1. The molecule has 0 atom stereocenters. The summed E-state index contributed by atoms with van der Waals surface area (Å²) in [7, 11) is 1.86. The van der Waals surface area contributed by atoms with Gasteiger partial charge in [0.25, 0.3) is 0 Å².